The number of carbonyl (C=O) groups excluding carboxylic acids is 1. The van der Waals surface area contributed by atoms with Crippen LogP contribution in [0.1, 0.15) is 13.8 Å². The Hall–Kier alpha value is -0.870. The van der Waals surface area contributed by atoms with Gasteiger partial charge >= 0.3 is 5.97 Å². The molecule has 0 spiro atoms. The first kappa shape index (κ1) is 12.1. The van der Waals surface area contributed by atoms with E-state index in [2.05, 4.69) is 0 Å². The third kappa shape index (κ3) is 4.65. The largest absolute Gasteiger partial charge is 0.462 e. The van der Waals surface area contributed by atoms with Crippen molar-refractivity contribution in [1.29, 1.82) is 0 Å². The van der Waals surface area contributed by atoms with Gasteiger partial charge in [0.2, 0.25) is 0 Å². The Morgan fingerprint density at radius 2 is 2.00 bits per heavy atom. The Balaban J connectivity index is 3.92. The van der Waals surface area contributed by atoms with Crippen LogP contribution in [-0.4, -0.2) is 36.0 Å². The molecule has 0 amide bonds. The summed E-state index contributed by atoms with van der Waals surface area (Å²) in [5.41, 5.74) is -0.753. The van der Waals surface area contributed by atoms with Gasteiger partial charge in [-0.15, -0.1) is 0 Å². The zero-order valence-corrected chi connectivity index (χ0v) is 7.99. The van der Waals surface area contributed by atoms with E-state index in [1.807, 2.05) is 0 Å². The van der Waals surface area contributed by atoms with Gasteiger partial charge in [0.15, 0.2) is 0 Å². The Morgan fingerprint density at radius 1 is 1.46 bits per heavy atom. The number of rotatable bonds is 5. The molecule has 0 aliphatic rings. The highest BCUT2D eigenvalue weighted by Gasteiger charge is 2.24. The minimum atomic E-state index is -0.753. The molecule has 0 unspecified atom stereocenters. The molecule has 0 aromatic carbocycles. The second-order valence-corrected chi connectivity index (χ2v) is 3.23. The molecule has 0 fully saturated rings. The molecule has 0 aromatic rings. The molecule has 0 rings (SSSR count). The maximum Gasteiger partial charge on any atom is 0.330 e. The van der Waals surface area contributed by atoms with Crippen LogP contribution in [0.15, 0.2) is 12.2 Å². The van der Waals surface area contributed by atoms with Crippen LogP contribution < -0.4 is 0 Å². The summed E-state index contributed by atoms with van der Waals surface area (Å²) in [5, 5.41) is 17.7. The first-order chi connectivity index (χ1) is 6.08. The maximum atomic E-state index is 10.8. The maximum absolute atomic E-state index is 10.8. The summed E-state index contributed by atoms with van der Waals surface area (Å²) in [6, 6.07) is 0. The average Bonchev–Trinajstić information content (AvgIpc) is 2.15. The standard InChI is InChI=1S/C9H16O4/c1-3-4-8(12)13-7-9(2,5-10)6-11/h3-4,10-11H,5-7H2,1-2H3/b4-3+. The van der Waals surface area contributed by atoms with Gasteiger partial charge in [0.05, 0.1) is 13.2 Å². The summed E-state index contributed by atoms with van der Waals surface area (Å²) in [5.74, 6) is -0.462. The fraction of sp³-hybridized carbons (Fsp3) is 0.667. The first-order valence-corrected chi connectivity index (χ1v) is 4.09. The molecular weight excluding hydrogens is 172 g/mol. The van der Waals surface area contributed by atoms with Gasteiger partial charge in [-0.3, -0.25) is 0 Å². The van der Waals surface area contributed by atoms with Crippen molar-refractivity contribution in [3.63, 3.8) is 0 Å². The smallest absolute Gasteiger partial charge is 0.330 e. The SMILES string of the molecule is C/C=C/C(=O)OCC(C)(CO)CO. The molecule has 0 radical (unpaired) electrons. The van der Waals surface area contributed by atoms with E-state index in [0.29, 0.717) is 0 Å². The van der Waals surface area contributed by atoms with Gasteiger partial charge in [-0.1, -0.05) is 13.0 Å². The van der Waals surface area contributed by atoms with Gasteiger partial charge in [-0.2, -0.15) is 0 Å². The van der Waals surface area contributed by atoms with Gasteiger partial charge in [-0.25, -0.2) is 4.79 Å². The van der Waals surface area contributed by atoms with E-state index < -0.39 is 11.4 Å². The Morgan fingerprint density at radius 3 is 2.38 bits per heavy atom. The number of aliphatic hydroxyl groups excluding tert-OH is 2. The van der Waals surface area contributed by atoms with Crippen molar-refractivity contribution in [1.82, 2.24) is 0 Å². The molecule has 0 saturated carbocycles. The van der Waals surface area contributed by atoms with Gasteiger partial charge in [0.1, 0.15) is 6.61 Å². The number of carbonyl (C=O) groups is 1. The highest BCUT2D eigenvalue weighted by molar-refractivity contribution is 5.81. The van der Waals surface area contributed by atoms with Crippen molar-refractivity contribution in [3.8, 4) is 0 Å². The Labute approximate surface area is 77.8 Å². The summed E-state index contributed by atoms with van der Waals surface area (Å²) in [6.07, 6.45) is 2.85. The van der Waals surface area contributed by atoms with Crippen LogP contribution in [0.5, 0.6) is 0 Å². The van der Waals surface area contributed by atoms with E-state index in [9.17, 15) is 4.79 Å². The number of aliphatic hydroxyl groups is 2. The molecule has 0 aromatic heterocycles. The normalized spacial score (nSPS) is 12.0. The number of hydrogen-bond donors (Lipinski definition) is 2. The second-order valence-electron chi connectivity index (χ2n) is 3.23. The molecule has 0 aliphatic carbocycles. The highest BCUT2D eigenvalue weighted by Crippen LogP contribution is 2.14. The van der Waals surface area contributed by atoms with E-state index >= 15 is 0 Å². The van der Waals surface area contributed by atoms with E-state index in [1.165, 1.54) is 6.08 Å². The molecule has 76 valence electrons. The van der Waals surface area contributed by atoms with Crippen LogP contribution >= 0.6 is 0 Å². The molecule has 0 bridgehead atoms. The predicted molar refractivity (Wildman–Crippen MR) is 48.1 cm³/mol. The second kappa shape index (κ2) is 5.72. The van der Waals surface area contributed by atoms with Crippen LogP contribution in [0.3, 0.4) is 0 Å². The van der Waals surface area contributed by atoms with E-state index in [0.717, 1.165) is 0 Å². The molecule has 13 heavy (non-hydrogen) atoms. The van der Waals surface area contributed by atoms with Gasteiger partial charge in [0.25, 0.3) is 0 Å². The van der Waals surface area contributed by atoms with E-state index in [1.54, 1.807) is 19.9 Å². The Kier molecular flexibility index (Phi) is 5.34. The van der Waals surface area contributed by atoms with Gasteiger partial charge in [-0.05, 0) is 6.92 Å². The van der Waals surface area contributed by atoms with E-state index in [-0.39, 0.29) is 19.8 Å². The van der Waals surface area contributed by atoms with Crippen molar-refractivity contribution in [2.75, 3.05) is 19.8 Å². The lowest BCUT2D eigenvalue weighted by Crippen LogP contribution is -2.32. The van der Waals surface area contributed by atoms with Crippen molar-refractivity contribution in [2.45, 2.75) is 13.8 Å². The lowest BCUT2D eigenvalue weighted by Gasteiger charge is -2.23. The molecule has 4 nitrogen and oxygen atoms in total. The van der Waals surface area contributed by atoms with Crippen LogP contribution in [0.25, 0.3) is 0 Å². The summed E-state index contributed by atoms with van der Waals surface area (Å²) < 4.78 is 4.78. The fourth-order valence-electron chi connectivity index (χ4n) is 0.571. The predicted octanol–water partition coefficient (Wildman–Crippen LogP) is 0.0966. The number of allylic oxidation sites excluding steroid dienone is 1. The molecule has 0 atom stereocenters. The van der Waals surface area contributed by atoms with Gasteiger partial charge in [0, 0.05) is 11.5 Å². The average molecular weight is 188 g/mol. The Bertz CT molecular complexity index is 182. The lowest BCUT2D eigenvalue weighted by molar-refractivity contribution is -0.143. The monoisotopic (exact) mass is 188 g/mol. The van der Waals surface area contributed by atoms with Crippen LogP contribution in [0.2, 0.25) is 0 Å². The number of esters is 1. The summed E-state index contributed by atoms with van der Waals surface area (Å²) >= 11 is 0. The molecule has 0 aliphatic heterocycles. The number of hydrogen-bond acceptors (Lipinski definition) is 4. The van der Waals surface area contributed by atoms with Crippen molar-refractivity contribution >= 4 is 5.97 Å². The van der Waals surface area contributed by atoms with Crippen LogP contribution in [-0.2, 0) is 9.53 Å². The van der Waals surface area contributed by atoms with E-state index in [4.69, 9.17) is 14.9 Å². The first-order valence-electron chi connectivity index (χ1n) is 4.09. The third-order valence-electron chi connectivity index (χ3n) is 1.63. The van der Waals surface area contributed by atoms with Crippen molar-refractivity contribution < 1.29 is 19.7 Å². The van der Waals surface area contributed by atoms with Crippen molar-refractivity contribution in [3.05, 3.63) is 12.2 Å². The van der Waals surface area contributed by atoms with Crippen LogP contribution in [0.4, 0.5) is 0 Å². The quantitative estimate of drug-likeness (QED) is 0.474. The highest BCUT2D eigenvalue weighted by atomic mass is 16.5. The topological polar surface area (TPSA) is 66.8 Å². The summed E-state index contributed by atoms with van der Waals surface area (Å²) in [4.78, 5) is 10.8. The zero-order chi connectivity index (χ0) is 10.3. The molecule has 0 heterocycles. The van der Waals surface area contributed by atoms with Gasteiger partial charge < -0.3 is 14.9 Å². The van der Waals surface area contributed by atoms with Crippen molar-refractivity contribution in [2.24, 2.45) is 5.41 Å². The minimum absolute atomic E-state index is 0.0170. The molecular formula is C9H16O4. The molecule has 0 saturated heterocycles. The van der Waals surface area contributed by atoms with Crippen LogP contribution in [0, 0.1) is 5.41 Å². The number of ether oxygens (including phenoxy) is 1. The minimum Gasteiger partial charge on any atom is -0.462 e. The fourth-order valence-corrected chi connectivity index (χ4v) is 0.571. The summed E-state index contributed by atoms with van der Waals surface area (Å²) in [7, 11) is 0. The molecule has 2 N–H and O–H groups in total. The zero-order valence-electron chi connectivity index (χ0n) is 7.99. The summed E-state index contributed by atoms with van der Waals surface area (Å²) in [6.45, 7) is 2.93. The lowest BCUT2D eigenvalue weighted by atomic mass is 9.95. The third-order valence-corrected chi connectivity index (χ3v) is 1.63. The molecule has 4 heteroatoms.